The third-order valence-electron chi connectivity index (χ3n) is 2.98. The Hall–Kier alpha value is -1.87. The van der Waals surface area contributed by atoms with Gasteiger partial charge >= 0.3 is 0 Å². The summed E-state index contributed by atoms with van der Waals surface area (Å²) in [6.45, 7) is 1.09. The summed E-state index contributed by atoms with van der Waals surface area (Å²) in [6.07, 6.45) is 0. The van der Waals surface area contributed by atoms with Crippen LogP contribution in [0.15, 0.2) is 48.5 Å². The average Bonchev–Trinajstić information content (AvgIpc) is 2.41. The molecule has 3 heteroatoms. The number of rotatable bonds is 4. The van der Waals surface area contributed by atoms with Gasteiger partial charge in [0.15, 0.2) is 0 Å². The zero-order chi connectivity index (χ0) is 13.0. The molecule has 0 aliphatic rings. The van der Waals surface area contributed by atoms with Crippen LogP contribution in [0.25, 0.3) is 0 Å². The van der Waals surface area contributed by atoms with E-state index in [2.05, 4.69) is 0 Å². The first-order valence-electron chi connectivity index (χ1n) is 5.94. The highest BCUT2D eigenvalue weighted by Gasteiger charge is 2.05. The van der Waals surface area contributed by atoms with Crippen LogP contribution in [0.3, 0.4) is 0 Å². The lowest BCUT2D eigenvalue weighted by Crippen LogP contribution is -2.17. The molecule has 0 saturated carbocycles. The van der Waals surface area contributed by atoms with Crippen LogP contribution >= 0.6 is 0 Å². The second-order valence-corrected chi connectivity index (χ2v) is 4.32. The smallest absolute Gasteiger partial charge is 0.128 e. The van der Waals surface area contributed by atoms with Gasteiger partial charge in [0, 0.05) is 31.4 Å². The van der Waals surface area contributed by atoms with Crippen LogP contribution in [-0.2, 0) is 13.1 Å². The second kappa shape index (κ2) is 5.65. The van der Waals surface area contributed by atoms with Gasteiger partial charge in [0.25, 0.3) is 0 Å². The van der Waals surface area contributed by atoms with Gasteiger partial charge in [-0.2, -0.15) is 0 Å². The summed E-state index contributed by atoms with van der Waals surface area (Å²) >= 11 is 0. The minimum absolute atomic E-state index is 0.164. The van der Waals surface area contributed by atoms with E-state index in [0.717, 1.165) is 11.3 Å². The van der Waals surface area contributed by atoms with E-state index in [1.54, 1.807) is 12.1 Å². The van der Waals surface area contributed by atoms with E-state index in [1.165, 1.54) is 6.07 Å². The zero-order valence-corrected chi connectivity index (χ0v) is 10.4. The van der Waals surface area contributed by atoms with Gasteiger partial charge in [-0.25, -0.2) is 4.39 Å². The number of hydrogen-bond donors (Lipinski definition) is 1. The lowest BCUT2D eigenvalue weighted by Gasteiger charge is -2.20. The first kappa shape index (κ1) is 12.6. The number of nitrogens with two attached hydrogens (primary N) is 1. The monoisotopic (exact) mass is 244 g/mol. The van der Waals surface area contributed by atoms with E-state index in [4.69, 9.17) is 5.73 Å². The fourth-order valence-corrected chi connectivity index (χ4v) is 1.86. The minimum Gasteiger partial charge on any atom is -0.370 e. The van der Waals surface area contributed by atoms with E-state index in [0.29, 0.717) is 18.7 Å². The van der Waals surface area contributed by atoms with Crippen molar-refractivity contribution in [2.24, 2.45) is 5.73 Å². The van der Waals surface area contributed by atoms with E-state index in [1.807, 2.05) is 42.3 Å². The molecule has 0 bridgehead atoms. The lowest BCUT2D eigenvalue weighted by molar-refractivity contribution is 0.608. The Morgan fingerprint density at radius 3 is 2.33 bits per heavy atom. The van der Waals surface area contributed by atoms with E-state index in [9.17, 15) is 4.39 Å². The number of anilines is 1. The summed E-state index contributed by atoms with van der Waals surface area (Å²) in [5.74, 6) is -0.164. The first-order chi connectivity index (χ1) is 8.70. The molecule has 0 heterocycles. The standard InChI is InChI=1S/C15H17FN2/c1-18(11-13-4-2-3-5-15(13)16)14-8-6-12(10-17)7-9-14/h2-9H,10-11,17H2,1H3. The Kier molecular flexibility index (Phi) is 3.95. The molecule has 0 aliphatic carbocycles. The molecule has 94 valence electrons. The molecule has 0 aliphatic heterocycles. The molecule has 0 amide bonds. The van der Waals surface area contributed by atoms with Gasteiger partial charge in [0.05, 0.1) is 0 Å². The molecular weight excluding hydrogens is 227 g/mol. The molecule has 0 spiro atoms. The Bertz CT molecular complexity index is 508. The number of benzene rings is 2. The van der Waals surface area contributed by atoms with Crippen molar-refractivity contribution in [2.45, 2.75) is 13.1 Å². The predicted octanol–water partition coefficient (Wildman–Crippen LogP) is 2.92. The molecular formula is C15H17FN2. The maximum atomic E-state index is 13.5. The highest BCUT2D eigenvalue weighted by Crippen LogP contribution is 2.17. The summed E-state index contributed by atoms with van der Waals surface area (Å²) in [6, 6.07) is 14.8. The maximum Gasteiger partial charge on any atom is 0.128 e. The molecule has 0 fully saturated rings. The van der Waals surface area contributed by atoms with Crippen molar-refractivity contribution in [1.82, 2.24) is 0 Å². The highest BCUT2D eigenvalue weighted by atomic mass is 19.1. The molecule has 0 unspecified atom stereocenters. The normalized spacial score (nSPS) is 10.4. The van der Waals surface area contributed by atoms with Crippen molar-refractivity contribution in [2.75, 3.05) is 11.9 Å². The number of halogens is 1. The Morgan fingerprint density at radius 2 is 1.72 bits per heavy atom. The van der Waals surface area contributed by atoms with Crippen molar-refractivity contribution in [3.63, 3.8) is 0 Å². The fraction of sp³-hybridized carbons (Fsp3) is 0.200. The average molecular weight is 244 g/mol. The summed E-state index contributed by atoms with van der Waals surface area (Å²) in [7, 11) is 1.95. The van der Waals surface area contributed by atoms with Gasteiger partial charge < -0.3 is 10.6 Å². The topological polar surface area (TPSA) is 29.3 Å². The van der Waals surface area contributed by atoms with Crippen LogP contribution in [-0.4, -0.2) is 7.05 Å². The quantitative estimate of drug-likeness (QED) is 0.896. The number of nitrogens with zero attached hydrogens (tertiary/aromatic N) is 1. The molecule has 18 heavy (non-hydrogen) atoms. The third kappa shape index (κ3) is 2.87. The minimum atomic E-state index is -0.164. The van der Waals surface area contributed by atoms with Crippen LogP contribution < -0.4 is 10.6 Å². The molecule has 2 rings (SSSR count). The number of hydrogen-bond acceptors (Lipinski definition) is 2. The van der Waals surface area contributed by atoms with Crippen molar-refractivity contribution in [1.29, 1.82) is 0 Å². The third-order valence-corrected chi connectivity index (χ3v) is 2.98. The van der Waals surface area contributed by atoms with Gasteiger partial charge in [-0.1, -0.05) is 30.3 Å². The van der Waals surface area contributed by atoms with Crippen molar-refractivity contribution >= 4 is 5.69 Å². The summed E-state index contributed by atoms with van der Waals surface area (Å²) in [5.41, 5.74) is 8.40. The van der Waals surface area contributed by atoms with Crippen molar-refractivity contribution < 1.29 is 4.39 Å². The molecule has 0 aromatic heterocycles. The van der Waals surface area contributed by atoms with Gasteiger partial charge in [0.1, 0.15) is 5.82 Å². The second-order valence-electron chi connectivity index (χ2n) is 4.32. The zero-order valence-electron chi connectivity index (χ0n) is 10.4. The van der Waals surface area contributed by atoms with Crippen LogP contribution in [0.5, 0.6) is 0 Å². The predicted molar refractivity (Wildman–Crippen MR) is 72.8 cm³/mol. The Balaban J connectivity index is 2.11. The van der Waals surface area contributed by atoms with E-state index in [-0.39, 0.29) is 5.82 Å². The van der Waals surface area contributed by atoms with Crippen LogP contribution in [0, 0.1) is 5.82 Å². The fourth-order valence-electron chi connectivity index (χ4n) is 1.86. The van der Waals surface area contributed by atoms with Gasteiger partial charge in [-0.15, -0.1) is 0 Å². The molecule has 0 saturated heterocycles. The Morgan fingerprint density at radius 1 is 1.06 bits per heavy atom. The molecule has 2 aromatic carbocycles. The largest absolute Gasteiger partial charge is 0.370 e. The van der Waals surface area contributed by atoms with Crippen LogP contribution in [0.1, 0.15) is 11.1 Å². The molecule has 0 radical (unpaired) electrons. The van der Waals surface area contributed by atoms with Crippen molar-refractivity contribution in [3.05, 3.63) is 65.5 Å². The summed E-state index contributed by atoms with van der Waals surface area (Å²) < 4.78 is 13.5. The highest BCUT2D eigenvalue weighted by molar-refractivity contribution is 5.47. The van der Waals surface area contributed by atoms with E-state index >= 15 is 0 Å². The Labute approximate surface area is 107 Å². The van der Waals surface area contributed by atoms with Gasteiger partial charge in [0.2, 0.25) is 0 Å². The molecule has 2 nitrogen and oxygen atoms in total. The molecule has 0 atom stereocenters. The SMILES string of the molecule is CN(Cc1ccccc1F)c1ccc(CN)cc1. The van der Waals surface area contributed by atoms with Crippen LogP contribution in [0.2, 0.25) is 0 Å². The summed E-state index contributed by atoms with van der Waals surface area (Å²) in [5, 5.41) is 0. The first-order valence-corrected chi connectivity index (χ1v) is 5.94. The van der Waals surface area contributed by atoms with Gasteiger partial charge in [-0.05, 0) is 23.8 Å². The van der Waals surface area contributed by atoms with Gasteiger partial charge in [-0.3, -0.25) is 0 Å². The molecule has 2 aromatic rings. The molecule has 2 N–H and O–H groups in total. The van der Waals surface area contributed by atoms with Crippen molar-refractivity contribution in [3.8, 4) is 0 Å². The summed E-state index contributed by atoms with van der Waals surface area (Å²) in [4.78, 5) is 2.01. The van der Waals surface area contributed by atoms with E-state index < -0.39 is 0 Å². The lowest BCUT2D eigenvalue weighted by atomic mass is 10.1. The van der Waals surface area contributed by atoms with Crippen LogP contribution in [0.4, 0.5) is 10.1 Å². The maximum absolute atomic E-state index is 13.5.